The van der Waals surface area contributed by atoms with Crippen molar-refractivity contribution in [2.24, 2.45) is 0 Å². The highest BCUT2D eigenvalue weighted by molar-refractivity contribution is 7.16. The lowest BCUT2D eigenvalue weighted by Crippen LogP contribution is -2.13. The van der Waals surface area contributed by atoms with Crippen LogP contribution in [0.1, 0.15) is 4.88 Å². The number of rotatable bonds is 4. The van der Waals surface area contributed by atoms with Gasteiger partial charge in [0.15, 0.2) is 0 Å². The first kappa shape index (κ1) is 15.0. The molecule has 0 aliphatic heterocycles. The van der Waals surface area contributed by atoms with Crippen LogP contribution in [0.4, 0.5) is 6.01 Å². The Hall–Kier alpha value is -1.89. The van der Waals surface area contributed by atoms with Crippen LogP contribution in [0.3, 0.4) is 0 Å². The molecule has 1 aromatic carbocycles. The molecule has 1 amide bonds. The second kappa shape index (κ2) is 6.48. The van der Waals surface area contributed by atoms with Gasteiger partial charge in [-0.3, -0.25) is 10.1 Å². The fourth-order valence-corrected chi connectivity index (χ4v) is 3.06. The van der Waals surface area contributed by atoms with E-state index in [0.717, 1.165) is 4.88 Å². The number of amides is 1. The predicted octanol–water partition coefficient (Wildman–Crippen LogP) is 4.29. The van der Waals surface area contributed by atoms with Crippen LogP contribution in [0, 0.1) is 0 Å². The van der Waals surface area contributed by atoms with Gasteiger partial charge in [0.2, 0.25) is 11.8 Å². The molecule has 0 saturated heterocycles. The minimum absolute atomic E-state index is 0.0441. The Labute approximate surface area is 139 Å². The van der Waals surface area contributed by atoms with Gasteiger partial charge < -0.3 is 4.42 Å². The SMILES string of the molecule is O=C(Cc1ccc(Cl)s1)Nc1nnc(-c2cccc(Cl)c2)o1. The largest absolute Gasteiger partial charge is 0.403 e. The van der Waals surface area contributed by atoms with Gasteiger partial charge in [-0.15, -0.1) is 16.4 Å². The zero-order valence-electron chi connectivity index (χ0n) is 11.0. The zero-order valence-corrected chi connectivity index (χ0v) is 13.4. The number of hydrogen-bond acceptors (Lipinski definition) is 5. The lowest BCUT2D eigenvalue weighted by atomic mass is 10.2. The standard InChI is InChI=1S/C14H9Cl2N3O2S/c15-9-3-1-2-8(6-9)13-18-19-14(21-13)17-12(20)7-10-4-5-11(16)22-10/h1-6H,7H2,(H,17,19,20). The zero-order chi connectivity index (χ0) is 15.5. The molecule has 0 unspecified atom stereocenters. The molecule has 0 aliphatic rings. The molecule has 0 bridgehead atoms. The molecule has 22 heavy (non-hydrogen) atoms. The lowest BCUT2D eigenvalue weighted by molar-refractivity contribution is -0.115. The molecule has 3 rings (SSSR count). The van der Waals surface area contributed by atoms with Crippen LogP contribution in [0.25, 0.3) is 11.5 Å². The number of carbonyl (C=O) groups excluding carboxylic acids is 1. The number of halogens is 2. The summed E-state index contributed by atoms with van der Waals surface area (Å²) in [4.78, 5) is 12.8. The van der Waals surface area contributed by atoms with E-state index in [0.29, 0.717) is 14.9 Å². The van der Waals surface area contributed by atoms with E-state index in [4.69, 9.17) is 27.6 Å². The van der Waals surface area contributed by atoms with Crippen molar-refractivity contribution in [1.82, 2.24) is 10.2 Å². The van der Waals surface area contributed by atoms with Gasteiger partial charge in [-0.2, -0.15) is 0 Å². The third-order valence-electron chi connectivity index (χ3n) is 2.71. The van der Waals surface area contributed by atoms with Gasteiger partial charge in [0.05, 0.1) is 10.8 Å². The third-order valence-corrected chi connectivity index (χ3v) is 4.17. The van der Waals surface area contributed by atoms with Crippen LogP contribution in [0.5, 0.6) is 0 Å². The Balaban J connectivity index is 1.67. The minimum atomic E-state index is -0.250. The van der Waals surface area contributed by atoms with Crippen LogP contribution in [0.15, 0.2) is 40.8 Å². The van der Waals surface area contributed by atoms with Crippen molar-refractivity contribution in [3.05, 3.63) is 50.6 Å². The van der Waals surface area contributed by atoms with Crippen LogP contribution >= 0.6 is 34.5 Å². The molecule has 5 nitrogen and oxygen atoms in total. The van der Waals surface area contributed by atoms with Gasteiger partial charge in [-0.05, 0) is 30.3 Å². The number of carbonyl (C=O) groups is 1. The van der Waals surface area contributed by atoms with Crippen molar-refractivity contribution in [3.8, 4) is 11.5 Å². The fraction of sp³-hybridized carbons (Fsp3) is 0.0714. The Morgan fingerprint density at radius 2 is 2.09 bits per heavy atom. The first-order chi connectivity index (χ1) is 10.6. The Morgan fingerprint density at radius 1 is 1.23 bits per heavy atom. The summed E-state index contributed by atoms with van der Waals surface area (Å²) >= 11 is 13.1. The molecule has 0 atom stereocenters. The average molecular weight is 354 g/mol. The topological polar surface area (TPSA) is 68.0 Å². The van der Waals surface area contributed by atoms with Crippen molar-refractivity contribution < 1.29 is 9.21 Å². The molecule has 0 fully saturated rings. The maximum atomic E-state index is 11.9. The van der Waals surface area contributed by atoms with Crippen molar-refractivity contribution >= 4 is 46.5 Å². The summed E-state index contributed by atoms with van der Waals surface area (Å²) in [5, 5.41) is 10.8. The van der Waals surface area contributed by atoms with Crippen LogP contribution in [-0.4, -0.2) is 16.1 Å². The lowest BCUT2D eigenvalue weighted by Gasteiger charge is -1.98. The number of thiophene rings is 1. The monoisotopic (exact) mass is 353 g/mol. The van der Waals surface area contributed by atoms with E-state index in [1.165, 1.54) is 11.3 Å². The second-order valence-electron chi connectivity index (χ2n) is 4.35. The molecule has 0 radical (unpaired) electrons. The van der Waals surface area contributed by atoms with E-state index in [2.05, 4.69) is 15.5 Å². The molecule has 112 valence electrons. The Bertz CT molecular complexity index is 816. The van der Waals surface area contributed by atoms with Gasteiger partial charge in [0, 0.05) is 15.5 Å². The van der Waals surface area contributed by atoms with Gasteiger partial charge >= 0.3 is 6.01 Å². The van der Waals surface area contributed by atoms with Gasteiger partial charge in [-0.1, -0.05) is 34.4 Å². The highest BCUT2D eigenvalue weighted by Crippen LogP contribution is 2.24. The molecule has 0 spiro atoms. The summed E-state index contributed by atoms with van der Waals surface area (Å²) in [6.45, 7) is 0. The summed E-state index contributed by atoms with van der Waals surface area (Å²) in [6, 6.07) is 10.6. The number of benzene rings is 1. The number of nitrogens with one attached hydrogen (secondary N) is 1. The van der Waals surface area contributed by atoms with Crippen LogP contribution < -0.4 is 5.32 Å². The summed E-state index contributed by atoms with van der Waals surface area (Å²) in [5.74, 6) is 0.0387. The van der Waals surface area contributed by atoms with E-state index in [-0.39, 0.29) is 24.2 Å². The summed E-state index contributed by atoms with van der Waals surface area (Å²) in [5.41, 5.74) is 0.686. The van der Waals surface area contributed by atoms with Gasteiger partial charge in [0.1, 0.15) is 0 Å². The summed E-state index contributed by atoms with van der Waals surface area (Å²) in [6.07, 6.45) is 0.201. The van der Waals surface area contributed by atoms with E-state index in [1.54, 1.807) is 36.4 Å². The Morgan fingerprint density at radius 3 is 2.82 bits per heavy atom. The predicted molar refractivity (Wildman–Crippen MR) is 86.4 cm³/mol. The number of aromatic nitrogens is 2. The molecular weight excluding hydrogens is 345 g/mol. The fourth-order valence-electron chi connectivity index (χ4n) is 1.78. The molecule has 0 aliphatic carbocycles. The van der Waals surface area contributed by atoms with Gasteiger partial charge in [-0.25, -0.2) is 0 Å². The number of hydrogen-bond donors (Lipinski definition) is 1. The Kier molecular flexibility index (Phi) is 4.42. The summed E-state index contributed by atoms with van der Waals surface area (Å²) in [7, 11) is 0. The average Bonchev–Trinajstić information content (AvgIpc) is 3.08. The molecule has 2 aromatic heterocycles. The summed E-state index contributed by atoms with van der Waals surface area (Å²) < 4.78 is 6.05. The number of nitrogens with zero attached hydrogens (tertiary/aromatic N) is 2. The molecule has 1 N–H and O–H groups in total. The maximum Gasteiger partial charge on any atom is 0.322 e. The number of anilines is 1. The quantitative estimate of drug-likeness (QED) is 0.759. The first-order valence-corrected chi connectivity index (χ1v) is 7.81. The van der Waals surface area contributed by atoms with Crippen molar-refractivity contribution in [2.45, 2.75) is 6.42 Å². The first-order valence-electron chi connectivity index (χ1n) is 6.23. The molecular formula is C14H9Cl2N3O2S. The minimum Gasteiger partial charge on any atom is -0.403 e. The van der Waals surface area contributed by atoms with Crippen molar-refractivity contribution in [2.75, 3.05) is 5.32 Å². The normalized spacial score (nSPS) is 10.6. The second-order valence-corrected chi connectivity index (χ2v) is 6.59. The smallest absolute Gasteiger partial charge is 0.322 e. The van der Waals surface area contributed by atoms with Crippen molar-refractivity contribution in [3.63, 3.8) is 0 Å². The molecule has 0 saturated carbocycles. The maximum absolute atomic E-state index is 11.9. The highest BCUT2D eigenvalue weighted by Gasteiger charge is 2.12. The van der Waals surface area contributed by atoms with E-state index in [1.807, 2.05) is 0 Å². The van der Waals surface area contributed by atoms with E-state index >= 15 is 0 Å². The van der Waals surface area contributed by atoms with E-state index < -0.39 is 0 Å². The highest BCUT2D eigenvalue weighted by atomic mass is 35.5. The molecule has 8 heteroatoms. The van der Waals surface area contributed by atoms with Crippen LogP contribution in [-0.2, 0) is 11.2 Å². The molecule has 2 heterocycles. The van der Waals surface area contributed by atoms with Crippen molar-refractivity contribution in [1.29, 1.82) is 0 Å². The van der Waals surface area contributed by atoms with Crippen LogP contribution in [0.2, 0.25) is 9.36 Å². The molecule has 3 aromatic rings. The third kappa shape index (κ3) is 3.65. The van der Waals surface area contributed by atoms with Gasteiger partial charge in [0.25, 0.3) is 0 Å². The van der Waals surface area contributed by atoms with E-state index in [9.17, 15) is 4.79 Å².